The van der Waals surface area contributed by atoms with Gasteiger partial charge in [0.15, 0.2) is 0 Å². The second kappa shape index (κ2) is 5.50. The first-order chi connectivity index (χ1) is 8.93. The van der Waals surface area contributed by atoms with Crippen molar-refractivity contribution in [3.05, 3.63) is 29.8 Å². The molecule has 4 nitrogen and oxygen atoms in total. The zero-order valence-corrected chi connectivity index (χ0v) is 10.6. The fraction of sp³-hybridized carbons (Fsp3) is 0.500. The van der Waals surface area contributed by atoms with Gasteiger partial charge in [-0.3, -0.25) is 5.01 Å². The summed E-state index contributed by atoms with van der Waals surface area (Å²) in [6.07, 6.45) is 2.11. The molecule has 2 aliphatic heterocycles. The minimum atomic E-state index is 0.694. The lowest BCUT2D eigenvalue weighted by Gasteiger charge is -2.22. The molecular weight excluding hydrogens is 226 g/mol. The van der Waals surface area contributed by atoms with Crippen molar-refractivity contribution in [3.8, 4) is 0 Å². The Morgan fingerprint density at radius 1 is 1.17 bits per heavy atom. The molecule has 0 radical (unpaired) electrons. The van der Waals surface area contributed by atoms with Crippen molar-refractivity contribution >= 4 is 11.4 Å². The summed E-state index contributed by atoms with van der Waals surface area (Å²) in [6.45, 7) is 4.37. The average molecular weight is 245 g/mol. The Kier molecular flexibility index (Phi) is 3.57. The van der Waals surface area contributed by atoms with Gasteiger partial charge >= 0.3 is 0 Å². The predicted octanol–water partition coefficient (Wildman–Crippen LogP) is 1.76. The van der Waals surface area contributed by atoms with Gasteiger partial charge in [0.2, 0.25) is 0 Å². The molecule has 0 bridgehead atoms. The Labute approximate surface area is 108 Å². The van der Waals surface area contributed by atoms with E-state index in [0.717, 1.165) is 39.1 Å². The second-order valence-electron chi connectivity index (χ2n) is 4.72. The Morgan fingerprint density at radius 3 is 2.89 bits per heavy atom. The monoisotopic (exact) mass is 245 g/mol. The van der Waals surface area contributed by atoms with Crippen molar-refractivity contribution in [2.24, 2.45) is 5.10 Å². The Balaban J connectivity index is 1.87. The predicted molar refractivity (Wildman–Crippen MR) is 73.0 cm³/mol. The molecule has 0 aromatic heterocycles. The number of hydrogen-bond donors (Lipinski definition) is 1. The highest BCUT2D eigenvalue weighted by molar-refractivity contribution is 5.86. The SMILES string of the molecule is c1ccc2c(c1)COCCN2N=C1CCNCC1. The van der Waals surface area contributed by atoms with Crippen molar-refractivity contribution in [1.29, 1.82) is 0 Å². The highest BCUT2D eigenvalue weighted by Gasteiger charge is 2.16. The molecule has 0 atom stereocenters. The fourth-order valence-electron chi connectivity index (χ4n) is 2.43. The first kappa shape index (κ1) is 11.7. The molecule has 3 rings (SSSR count). The highest BCUT2D eigenvalue weighted by atomic mass is 16.5. The second-order valence-corrected chi connectivity index (χ2v) is 4.72. The summed E-state index contributed by atoms with van der Waals surface area (Å²) in [7, 11) is 0. The maximum absolute atomic E-state index is 5.62. The number of ether oxygens (including phenoxy) is 1. The van der Waals surface area contributed by atoms with Crippen LogP contribution in [0.25, 0.3) is 0 Å². The van der Waals surface area contributed by atoms with Crippen LogP contribution < -0.4 is 10.3 Å². The third kappa shape index (κ3) is 2.54. The lowest BCUT2D eigenvalue weighted by molar-refractivity contribution is 0.132. The van der Waals surface area contributed by atoms with E-state index in [2.05, 4.69) is 34.6 Å². The van der Waals surface area contributed by atoms with E-state index in [4.69, 9.17) is 9.84 Å². The number of nitrogens with zero attached hydrogens (tertiary/aromatic N) is 2. The van der Waals surface area contributed by atoms with Gasteiger partial charge in [-0.05, 0) is 6.07 Å². The van der Waals surface area contributed by atoms with Crippen molar-refractivity contribution in [3.63, 3.8) is 0 Å². The molecule has 2 aliphatic rings. The van der Waals surface area contributed by atoms with Gasteiger partial charge in [0, 0.05) is 37.2 Å². The molecule has 0 unspecified atom stereocenters. The van der Waals surface area contributed by atoms with Crippen molar-refractivity contribution in [2.45, 2.75) is 19.4 Å². The van der Waals surface area contributed by atoms with E-state index in [1.54, 1.807) is 0 Å². The van der Waals surface area contributed by atoms with Gasteiger partial charge in [0.25, 0.3) is 0 Å². The van der Waals surface area contributed by atoms with Gasteiger partial charge in [0.05, 0.1) is 25.4 Å². The Hall–Kier alpha value is -1.39. The van der Waals surface area contributed by atoms with Crippen LogP contribution in [0.5, 0.6) is 0 Å². The van der Waals surface area contributed by atoms with Crippen molar-refractivity contribution in [2.75, 3.05) is 31.3 Å². The standard InChI is InChI=1S/C14H19N3O/c1-2-4-14-12(3-1)11-18-10-9-17(14)16-13-5-7-15-8-6-13/h1-4,15H,5-11H2. The van der Waals surface area contributed by atoms with E-state index in [1.165, 1.54) is 17.0 Å². The van der Waals surface area contributed by atoms with Crippen LogP contribution in [0.3, 0.4) is 0 Å². The van der Waals surface area contributed by atoms with Crippen LogP contribution in [0, 0.1) is 0 Å². The normalized spacial score (nSPS) is 20.2. The number of nitrogens with one attached hydrogen (secondary N) is 1. The van der Waals surface area contributed by atoms with E-state index in [0.29, 0.717) is 6.61 Å². The summed E-state index contributed by atoms with van der Waals surface area (Å²) in [5, 5.41) is 10.3. The summed E-state index contributed by atoms with van der Waals surface area (Å²) >= 11 is 0. The number of piperidine rings is 1. The molecule has 0 spiro atoms. The van der Waals surface area contributed by atoms with Crippen LogP contribution >= 0.6 is 0 Å². The molecule has 2 heterocycles. The van der Waals surface area contributed by atoms with Crippen LogP contribution in [0.1, 0.15) is 18.4 Å². The minimum absolute atomic E-state index is 0.694. The van der Waals surface area contributed by atoms with Gasteiger partial charge in [-0.2, -0.15) is 5.10 Å². The lowest BCUT2D eigenvalue weighted by atomic mass is 10.1. The molecule has 1 fully saturated rings. The van der Waals surface area contributed by atoms with Gasteiger partial charge in [0.1, 0.15) is 0 Å². The summed E-state index contributed by atoms with van der Waals surface area (Å²) in [4.78, 5) is 0. The van der Waals surface area contributed by atoms with E-state index in [1.807, 2.05) is 0 Å². The summed E-state index contributed by atoms with van der Waals surface area (Å²) < 4.78 is 5.62. The third-order valence-electron chi connectivity index (χ3n) is 3.42. The number of anilines is 1. The topological polar surface area (TPSA) is 36.9 Å². The van der Waals surface area contributed by atoms with Crippen molar-refractivity contribution in [1.82, 2.24) is 5.32 Å². The van der Waals surface area contributed by atoms with Crippen LogP contribution in [0.4, 0.5) is 5.69 Å². The largest absolute Gasteiger partial charge is 0.375 e. The molecule has 1 aromatic carbocycles. The maximum atomic E-state index is 5.62. The van der Waals surface area contributed by atoms with Gasteiger partial charge in [-0.1, -0.05) is 18.2 Å². The van der Waals surface area contributed by atoms with E-state index in [9.17, 15) is 0 Å². The summed E-state index contributed by atoms with van der Waals surface area (Å²) in [5.74, 6) is 0. The van der Waals surface area contributed by atoms with E-state index in [-0.39, 0.29) is 0 Å². The number of benzene rings is 1. The average Bonchev–Trinajstić information content (AvgIpc) is 2.63. The number of hydrogen-bond acceptors (Lipinski definition) is 4. The maximum Gasteiger partial charge on any atom is 0.0738 e. The van der Waals surface area contributed by atoms with Crippen LogP contribution in [0.2, 0.25) is 0 Å². The molecule has 1 saturated heterocycles. The minimum Gasteiger partial charge on any atom is -0.375 e. The fourth-order valence-corrected chi connectivity index (χ4v) is 2.43. The van der Waals surface area contributed by atoms with Gasteiger partial charge in [-0.25, -0.2) is 0 Å². The van der Waals surface area contributed by atoms with Crippen LogP contribution in [-0.4, -0.2) is 32.0 Å². The smallest absolute Gasteiger partial charge is 0.0738 e. The molecule has 4 heteroatoms. The van der Waals surface area contributed by atoms with Crippen LogP contribution in [-0.2, 0) is 11.3 Å². The molecule has 1 N–H and O–H groups in total. The molecule has 0 saturated carbocycles. The number of para-hydroxylation sites is 1. The van der Waals surface area contributed by atoms with Gasteiger partial charge < -0.3 is 10.1 Å². The third-order valence-corrected chi connectivity index (χ3v) is 3.42. The number of rotatable bonds is 1. The zero-order chi connectivity index (χ0) is 12.2. The lowest BCUT2D eigenvalue weighted by Crippen LogP contribution is -2.30. The van der Waals surface area contributed by atoms with E-state index >= 15 is 0 Å². The zero-order valence-electron chi connectivity index (χ0n) is 10.6. The molecule has 96 valence electrons. The van der Waals surface area contributed by atoms with Crippen LogP contribution in [0.15, 0.2) is 29.4 Å². The number of fused-ring (bicyclic) bond motifs is 1. The highest BCUT2D eigenvalue weighted by Crippen LogP contribution is 2.24. The van der Waals surface area contributed by atoms with E-state index < -0.39 is 0 Å². The molecular formula is C14H19N3O. The first-order valence-electron chi connectivity index (χ1n) is 6.64. The molecule has 0 amide bonds. The Bertz CT molecular complexity index is 436. The summed E-state index contributed by atoms with van der Waals surface area (Å²) in [6, 6.07) is 8.38. The number of hydrazone groups is 1. The first-order valence-corrected chi connectivity index (χ1v) is 6.64. The quantitative estimate of drug-likeness (QED) is 0.819. The Morgan fingerprint density at radius 2 is 2.00 bits per heavy atom. The molecule has 0 aliphatic carbocycles. The van der Waals surface area contributed by atoms with Gasteiger partial charge in [-0.15, -0.1) is 0 Å². The van der Waals surface area contributed by atoms with Crippen molar-refractivity contribution < 1.29 is 4.74 Å². The summed E-state index contributed by atoms with van der Waals surface area (Å²) in [5.41, 5.74) is 3.72. The molecule has 18 heavy (non-hydrogen) atoms. The molecule has 1 aromatic rings.